The molecular weight excluding hydrogens is 380 g/mol. The van der Waals surface area contributed by atoms with E-state index in [-0.39, 0.29) is 17.3 Å². The van der Waals surface area contributed by atoms with Crippen LogP contribution in [0, 0.1) is 0 Å². The third kappa shape index (κ3) is 4.28. The molecule has 0 bridgehead atoms. The zero-order valence-electron chi connectivity index (χ0n) is 16.0. The summed E-state index contributed by atoms with van der Waals surface area (Å²) in [6.07, 6.45) is 0. The van der Waals surface area contributed by atoms with Crippen LogP contribution in [0.25, 0.3) is 0 Å². The van der Waals surface area contributed by atoms with E-state index in [4.69, 9.17) is 9.47 Å². The van der Waals surface area contributed by atoms with Gasteiger partial charge in [-0.2, -0.15) is 0 Å². The van der Waals surface area contributed by atoms with E-state index >= 15 is 0 Å². The Balaban J connectivity index is 1.85. The minimum absolute atomic E-state index is 0.0741. The van der Waals surface area contributed by atoms with Crippen LogP contribution in [0.3, 0.4) is 0 Å². The van der Waals surface area contributed by atoms with E-state index < -0.39 is 10.0 Å². The fraction of sp³-hybridized carbons (Fsp3) is 0.350. The standard InChI is InChI=1S/C20H24N2O5S/c1-3-21-28(24,25)17-9-5-7-15(13-17)20(23)22(4-2)14-16-8-6-10-18-19(16)27-12-11-26-18/h5-10,13,21H,3-4,11-12,14H2,1-2H3. The second kappa shape index (κ2) is 8.62. The lowest BCUT2D eigenvalue weighted by atomic mass is 10.1. The van der Waals surface area contributed by atoms with Gasteiger partial charge >= 0.3 is 0 Å². The van der Waals surface area contributed by atoms with Crippen LogP contribution in [0.5, 0.6) is 11.5 Å². The summed E-state index contributed by atoms with van der Waals surface area (Å²) in [6, 6.07) is 11.7. The predicted molar refractivity (Wildman–Crippen MR) is 105 cm³/mol. The first kappa shape index (κ1) is 20.2. The Morgan fingerprint density at radius 3 is 2.61 bits per heavy atom. The second-order valence-corrected chi connectivity index (χ2v) is 8.06. The molecule has 2 aromatic carbocycles. The number of ether oxygens (including phenoxy) is 2. The Labute approximate surface area is 165 Å². The van der Waals surface area contributed by atoms with Crippen LogP contribution in [0.1, 0.15) is 29.8 Å². The largest absolute Gasteiger partial charge is 0.486 e. The molecule has 0 aromatic heterocycles. The number of fused-ring (bicyclic) bond motifs is 1. The minimum atomic E-state index is -3.63. The molecule has 1 amide bonds. The van der Waals surface area contributed by atoms with E-state index in [0.717, 1.165) is 5.56 Å². The first-order chi connectivity index (χ1) is 13.5. The van der Waals surface area contributed by atoms with E-state index in [1.807, 2.05) is 25.1 Å². The molecule has 2 aromatic rings. The van der Waals surface area contributed by atoms with Crippen molar-refractivity contribution in [3.63, 3.8) is 0 Å². The van der Waals surface area contributed by atoms with Crippen molar-refractivity contribution in [1.82, 2.24) is 9.62 Å². The maximum absolute atomic E-state index is 13.0. The molecule has 1 aliphatic heterocycles. The summed E-state index contributed by atoms with van der Waals surface area (Å²) in [4.78, 5) is 14.7. The van der Waals surface area contributed by atoms with Gasteiger partial charge in [0, 0.05) is 30.8 Å². The van der Waals surface area contributed by atoms with Crippen LogP contribution >= 0.6 is 0 Å². The zero-order valence-corrected chi connectivity index (χ0v) is 16.8. The molecule has 0 fully saturated rings. The first-order valence-corrected chi connectivity index (χ1v) is 10.7. The molecule has 0 saturated heterocycles. The third-order valence-corrected chi connectivity index (χ3v) is 5.95. The highest BCUT2D eigenvalue weighted by atomic mass is 32.2. The number of rotatable bonds is 7. The molecule has 1 aliphatic rings. The average Bonchev–Trinajstić information content (AvgIpc) is 2.71. The molecular formula is C20H24N2O5S. The van der Waals surface area contributed by atoms with Gasteiger partial charge in [-0.05, 0) is 31.2 Å². The van der Waals surface area contributed by atoms with Gasteiger partial charge in [-0.1, -0.05) is 25.1 Å². The summed E-state index contributed by atoms with van der Waals surface area (Å²) in [5, 5.41) is 0. The SMILES string of the molecule is CCNS(=O)(=O)c1cccc(C(=O)N(CC)Cc2cccc3c2OCCO3)c1. The summed E-state index contributed by atoms with van der Waals surface area (Å²) in [5.74, 6) is 1.08. The highest BCUT2D eigenvalue weighted by molar-refractivity contribution is 7.89. The van der Waals surface area contributed by atoms with E-state index in [1.165, 1.54) is 12.1 Å². The highest BCUT2D eigenvalue weighted by Crippen LogP contribution is 2.34. The van der Waals surface area contributed by atoms with Gasteiger partial charge < -0.3 is 14.4 Å². The van der Waals surface area contributed by atoms with Crippen molar-refractivity contribution < 1.29 is 22.7 Å². The number of nitrogens with one attached hydrogen (secondary N) is 1. The molecule has 3 rings (SSSR count). The predicted octanol–water partition coefficient (Wildman–Crippen LogP) is 2.42. The Kier molecular flexibility index (Phi) is 6.21. The van der Waals surface area contributed by atoms with Gasteiger partial charge in [0.1, 0.15) is 13.2 Å². The molecule has 0 aliphatic carbocycles. The van der Waals surface area contributed by atoms with Gasteiger partial charge in [0.25, 0.3) is 5.91 Å². The van der Waals surface area contributed by atoms with Crippen LogP contribution in [-0.4, -0.2) is 45.5 Å². The molecule has 1 N–H and O–H groups in total. The number of hydrogen-bond acceptors (Lipinski definition) is 5. The molecule has 0 radical (unpaired) electrons. The molecule has 150 valence electrons. The van der Waals surface area contributed by atoms with Crippen molar-refractivity contribution in [3.05, 3.63) is 53.6 Å². The lowest BCUT2D eigenvalue weighted by Crippen LogP contribution is -2.31. The first-order valence-electron chi connectivity index (χ1n) is 9.22. The molecule has 0 unspecified atom stereocenters. The molecule has 0 atom stereocenters. The Morgan fingerprint density at radius 1 is 1.11 bits per heavy atom. The molecule has 0 saturated carbocycles. The van der Waals surface area contributed by atoms with Crippen molar-refractivity contribution in [3.8, 4) is 11.5 Å². The Bertz CT molecular complexity index is 959. The van der Waals surface area contributed by atoms with Crippen molar-refractivity contribution in [1.29, 1.82) is 0 Å². The maximum atomic E-state index is 13.0. The van der Waals surface area contributed by atoms with Gasteiger partial charge in [-0.25, -0.2) is 13.1 Å². The summed E-state index contributed by atoms with van der Waals surface area (Å²) < 4.78 is 38.2. The fourth-order valence-electron chi connectivity index (χ4n) is 3.04. The summed E-state index contributed by atoms with van der Waals surface area (Å²) in [7, 11) is -3.63. The number of nitrogens with zero attached hydrogens (tertiary/aromatic N) is 1. The molecule has 28 heavy (non-hydrogen) atoms. The van der Waals surface area contributed by atoms with Gasteiger partial charge in [-0.3, -0.25) is 4.79 Å². The lowest BCUT2D eigenvalue weighted by molar-refractivity contribution is 0.0749. The van der Waals surface area contributed by atoms with E-state index in [9.17, 15) is 13.2 Å². The number of carbonyl (C=O) groups is 1. The Hall–Kier alpha value is -2.58. The normalized spacial score (nSPS) is 13.2. The third-order valence-electron chi connectivity index (χ3n) is 4.40. The monoisotopic (exact) mass is 404 g/mol. The summed E-state index contributed by atoms with van der Waals surface area (Å²) in [6.45, 7) is 5.64. The van der Waals surface area contributed by atoms with Crippen LogP contribution in [0.2, 0.25) is 0 Å². The highest BCUT2D eigenvalue weighted by Gasteiger charge is 2.22. The van der Waals surface area contributed by atoms with Crippen molar-refractivity contribution >= 4 is 15.9 Å². The summed E-state index contributed by atoms with van der Waals surface area (Å²) in [5.41, 5.74) is 1.17. The van der Waals surface area contributed by atoms with E-state index in [0.29, 0.717) is 43.4 Å². The topological polar surface area (TPSA) is 84.9 Å². The number of para-hydroxylation sites is 1. The van der Waals surface area contributed by atoms with E-state index in [1.54, 1.807) is 24.0 Å². The number of carbonyl (C=O) groups excluding carboxylic acids is 1. The van der Waals surface area contributed by atoms with Crippen LogP contribution in [-0.2, 0) is 16.6 Å². The quantitative estimate of drug-likeness (QED) is 0.766. The average molecular weight is 404 g/mol. The number of sulfonamides is 1. The van der Waals surface area contributed by atoms with Crippen molar-refractivity contribution in [2.45, 2.75) is 25.3 Å². The van der Waals surface area contributed by atoms with Crippen LogP contribution in [0.4, 0.5) is 0 Å². The van der Waals surface area contributed by atoms with Gasteiger partial charge in [0.15, 0.2) is 11.5 Å². The Morgan fingerprint density at radius 2 is 1.86 bits per heavy atom. The molecule has 0 spiro atoms. The zero-order chi connectivity index (χ0) is 20.1. The second-order valence-electron chi connectivity index (χ2n) is 6.29. The molecule has 7 nitrogen and oxygen atoms in total. The van der Waals surface area contributed by atoms with Crippen LogP contribution < -0.4 is 14.2 Å². The van der Waals surface area contributed by atoms with Crippen molar-refractivity contribution in [2.24, 2.45) is 0 Å². The summed E-state index contributed by atoms with van der Waals surface area (Å²) >= 11 is 0. The number of amides is 1. The molecule has 1 heterocycles. The van der Waals surface area contributed by atoms with Crippen molar-refractivity contribution in [2.75, 3.05) is 26.3 Å². The number of hydrogen-bond donors (Lipinski definition) is 1. The maximum Gasteiger partial charge on any atom is 0.254 e. The van der Waals surface area contributed by atoms with Crippen LogP contribution in [0.15, 0.2) is 47.4 Å². The molecule has 8 heteroatoms. The number of benzene rings is 2. The van der Waals surface area contributed by atoms with Gasteiger partial charge in [0.2, 0.25) is 10.0 Å². The minimum Gasteiger partial charge on any atom is -0.486 e. The van der Waals surface area contributed by atoms with E-state index in [2.05, 4.69) is 4.72 Å². The van der Waals surface area contributed by atoms with Gasteiger partial charge in [-0.15, -0.1) is 0 Å². The lowest BCUT2D eigenvalue weighted by Gasteiger charge is -2.25. The fourth-order valence-corrected chi connectivity index (χ4v) is 4.13. The van der Waals surface area contributed by atoms with Gasteiger partial charge in [0.05, 0.1) is 4.90 Å². The smallest absolute Gasteiger partial charge is 0.254 e.